The molecule has 0 radical (unpaired) electrons. The lowest BCUT2D eigenvalue weighted by molar-refractivity contribution is 0.0697. The minimum atomic E-state index is -1.04. The fourth-order valence-electron chi connectivity index (χ4n) is 1.66. The highest BCUT2D eigenvalue weighted by atomic mass is 35.5. The van der Waals surface area contributed by atoms with Crippen LogP contribution in [0, 0.1) is 0 Å². The third-order valence-electron chi connectivity index (χ3n) is 2.67. The van der Waals surface area contributed by atoms with Gasteiger partial charge in [-0.1, -0.05) is 23.2 Å². The highest BCUT2D eigenvalue weighted by molar-refractivity contribution is 7.14. The molecular formula is C13H11Cl2NO2S. The summed E-state index contributed by atoms with van der Waals surface area (Å²) < 4.78 is 0.728. The van der Waals surface area contributed by atoms with Gasteiger partial charge < -0.3 is 10.4 Å². The summed E-state index contributed by atoms with van der Waals surface area (Å²) in [7, 11) is 0. The van der Waals surface area contributed by atoms with Gasteiger partial charge in [0.1, 0.15) is 0 Å². The van der Waals surface area contributed by atoms with Gasteiger partial charge in [0.25, 0.3) is 0 Å². The summed E-state index contributed by atoms with van der Waals surface area (Å²) in [6, 6.07) is 6.76. The second kappa shape index (κ2) is 5.82. The summed E-state index contributed by atoms with van der Waals surface area (Å²) in [6.07, 6.45) is 0. The highest BCUT2D eigenvalue weighted by Crippen LogP contribution is 2.28. The number of halogens is 2. The average Bonchev–Trinajstić information content (AvgIpc) is 2.78. The molecule has 0 amide bonds. The molecule has 2 aromatic rings. The van der Waals surface area contributed by atoms with Gasteiger partial charge in [-0.3, -0.25) is 0 Å². The molecule has 3 nitrogen and oxygen atoms in total. The molecule has 1 aromatic carbocycles. The van der Waals surface area contributed by atoms with Crippen LogP contribution in [0.2, 0.25) is 9.36 Å². The van der Waals surface area contributed by atoms with E-state index in [1.165, 1.54) is 17.4 Å². The van der Waals surface area contributed by atoms with Crippen LogP contribution in [0.4, 0.5) is 5.69 Å². The van der Waals surface area contributed by atoms with E-state index >= 15 is 0 Å². The molecule has 1 aromatic heterocycles. The minimum Gasteiger partial charge on any atom is -0.478 e. The molecule has 0 aliphatic rings. The molecule has 0 saturated heterocycles. The topological polar surface area (TPSA) is 49.3 Å². The van der Waals surface area contributed by atoms with Crippen LogP contribution >= 0.6 is 34.5 Å². The van der Waals surface area contributed by atoms with Crippen molar-refractivity contribution in [2.24, 2.45) is 0 Å². The predicted molar refractivity (Wildman–Crippen MR) is 79.8 cm³/mol. The van der Waals surface area contributed by atoms with Crippen LogP contribution in [0.15, 0.2) is 29.6 Å². The maximum absolute atomic E-state index is 11.0. The first-order valence-corrected chi connectivity index (χ1v) is 7.14. The Hall–Kier alpha value is -1.23. The molecule has 2 N–H and O–H groups in total. The van der Waals surface area contributed by atoms with E-state index in [4.69, 9.17) is 28.3 Å². The molecule has 0 aliphatic heterocycles. The van der Waals surface area contributed by atoms with Gasteiger partial charge in [-0.2, -0.15) is 0 Å². The van der Waals surface area contributed by atoms with Crippen molar-refractivity contribution in [2.45, 2.75) is 13.0 Å². The van der Waals surface area contributed by atoms with Crippen molar-refractivity contribution in [1.29, 1.82) is 0 Å². The Morgan fingerprint density at radius 2 is 2.11 bits per heavy atom. The van der Waals surface area contributed by atoms with Crippen LogP contribution < -0.4 is 5.32 Å². The first-order chi connectivity index (χ1) is 8.97. The molecule has 1 atom stereocenters. The second-order valence-corrected chi connectivity index (χ2v) is 6.00. The molecule has 0 saturated carbocycles. The van der Waals surface area contributed by atoms with Crippen molar-refractivity contribution in [3.63, 3.8) is 0 Å². The third kappa shape index (κ3) is 3.41. The van der Waals surface area contributed by atoms with Crippen LogP contribution in [0.25, 0.3) is 0 Å². The number of carbonyl (C=O) groups is 1. The molecule has 0 aliphatic carbocycles. The number of benzene rings is 1. The van der Waals surface area contributed by atoms with Gasteiger partial charge in [0, 0.05) is 11.7 Å². The second-order valence-electron chi connectivity index (χ2n) is 4.05. The molecule has 2 rings (SSSR count). The van der Waals surface area contributed by atoms with Gasteiger partial charge in [0.15, 0.2) is 0 Å². The molecular weight excluding hydrogens is 305 g/mol. The largest absolute Gasteiger partial charge is 0.478 e. The number of rotatable bonds is 4. The van der Waals surface area contributed by atoms with E-state index in [1.54, 1.807) is 12.1 Å². The number of anilines is 1. The standard InChI is InChI=1S/C13H11Cl2NO2S/c1-7(8-4-12(15)19-6-8)16-9-2-3-11(14)10(5-9)13(17)18/h2-7,16H,1H3,(H,17,18). The molecule has 0 bridgehead atoms. The summed E-state index contributed by atoms with van der Waals surface area (Å²) in [6.45, 7) is 1.98. The summed E-state index contributed by atoms with van der Waals surface area (Å²) in [4.78, 5) is 11.0. The van der Waals surface area contributed by atoms with E-state index < -0.39 is 5.97 Å². The zero-order valence-corrected chi connectivity index (χ0v) is 12.3. The molecule has 0 fully saturated rings. The summed E-state index contributed by atoms with van der Waals surface area (Å²) in [5.41, 5.74) is 1.85. The molecule has 6 heteroatoms. The summed E-state index contributed by atoms with van der Waals surface area (Å²) in [5.74, 6) is -1.04. The van der Waals surface area contributed by atoms with Gasteiger partial charge in [0.05, 0.1) is 14.9 Å². The zero-order chi connectivity index (χ0) is 14.0. The van der Waals surface area contributed by atoms with E-state index in [-0.39, 0.29) is 16.6 Å². The summed E-state index contributed by atoms with van der Waals surface area (Å²) >= 11 is 13.2. The zero-order valence-electron chi connectivity index (χ0n) is 9.98. The van der Waals surface area contributed by atoms with Crippen molar-refractivity contribution in [3.8, 4) is 0 Å². The monoisotopic (exact) mass is 315 g/mol. The van der Waals surface area contributed by atoms with Gasteiger partial charge in [0.2, 0.25) is 0 Å². The Labute approximate surface area is 124 Å². The van der Waals surface area contributed by atoms with Gasteiger partial charge in [-0.25, -0.2) is 4.79 Å². The van der Waals surface area contributed by atoms with Gasteiger partial charge in [-0.15, -0.1) is 11.3 Å². The molecule has 19 heavy (non-hydrogen) atoms. The first kappa shape index (κ1) is 14.2. The quantitative estimate of drug-likeness (QED) is 0.841. The number of aromatic carboxylic acids is 1. The SMILES string of the molecule is CC(Nc1ccc(Cl)c(C(=O)O)c1)c1csc(Cl)c1. The number of thiophene rings is 1. The van der Waals surface area contributed by atoms with Crippen LogP contribution in [0.1, 0.15) is 28.9 Å². The molecule has 1 unspecified atom stereocenters. The Morgan fingerprint density at radius 3 is 2.68 bits per heavy atom. The van der Waals surface area contributed by atoms with Gasteiger partial charge in [-0.05, 0) is 42.1 Å². The fourth-order valence-corrected chi connectivity index (χ4v) is 2.85. The Morgan fingerprint density at radius 1 is 1.37 bits per heavy atom. The molecule has 0 spiro atoms. The predicted octanol–water partition coefficient (Wildman–Crippen LogP) is 4.93. The Kier molecular flexibility index (Phi) is 4.34. The number of carboxylic acid groups (broad SMARTS) is 1. The van der Waals surface area contributed by atoms with Crippen molar-refractivity contribution in [1.82, 2.24) is 0 Å². The van der Waals surface area contributed by atoms with Crippen molar-refractivity contribution in [3.05, 3.63) is 50.1 Å². The van der Waals surface area contributed by atoms with Crippen LogP contribution in [-0.4, -0.2) is 11.1 Å². The van der Waals surface area contributed by atoms with E-state index in [9.17, 15) is 4.79 Å². The molecule has 100 valence electrons. The lowest BCUT2D eigenvalue weighted by atomic mass is 10.1. The van der Waals surface area contributed by atoms with Crippen LogP contribution in [0.3, 0.4) is 0 Å². The Balaban J connectivity index is 2.19. The highest BCUT2D eigenvalue weighted by Gasteiger charge is 2.12. The maximum atomic E-state index is 11.0. The fraction of sp³-hybridized carbons (Fsp3) is 0.154. The van der Waals surface area contributed by atoms with Gasteiger partial charge >= 0.3 is 5.97 Å². The number of hydrogen-bond acceptors (Lipinski definition) is 3. The smallest absolute Gasteiger partial charge is 0.337 e. The first-order valence-electron chi connectivity index (χ1n) is 5.50. The number of nitrogens with one attached hydrogen (secondary N) is 1. The maximum Gasteiger partial charge on any atom is 0.337 e. The van der Waals surface area contributed by atoms with Crippen molar-refractivity contribution >= 4 is 46.2 Å². The number of carboxylic acids is 1. The van der Waals surface area contributed by atoms with Crippen LogP contribution in [0.5, 0.6) is 0 Å². The lowest BCUT2D eigenvalue weighted by Gasteiger charge is -2.14. The van der Waals surface area contributed by atoms with Crippen LogP contribution in [-0.2, 0) is 0 Å². The summed E-state index contributed by atoms with van der Waals surface area (Å²) in [5, 5.41) is 14.4. The van der Waals surface area contributed by atoms with E-state index in [0.29, 0.717) is 5.69 Å². The van der Waals surface area contributed by atoms with E-state index in [1.807, 2.05) is 18.4 Å². The minimum absolute atomic E-state index is 0.0339. The van der Waals surface area contributed by atoms with E-state index in [0.717, 1.165) is 9.90 Å². The Bertz CT molecular complexity index is 612. The normalized spacial score (nSPS) is 12.2. The third-order valence-corrected chi connectivity index (χ3v) is 4.11. The number of hydrogen-bond donors (Lipinski definition) is 2. The lowest BCUT2D eigenvalue weighted by Crippen LogP contribution is -2.07. The van der Waals surface area contributed by atoms with Crippen molar-refractivity contribution < 1.29 is 9.90 Å². The van der Waals surface area contributed by atoms with Crippen molar-refractivity contribution in [2.75, 3.05) is 5.32 Å². The van der Waals surface area contributed by atoms with E-state index in [2.05, 4.69) is 5.32 Å². The average molecular weight is 316 g/mol. The molecule has 1 heterocycles.